The van der Waals surface area contributed by atoms with Crippen LogP contribution in [0.1, 0.15) is 370 Å². The van der Waals surface area contributed by atoms with Gasteiger partial charge in [0.1, 0.15) is 19.3 Å². The third-order valence-corrected chi connectivity index (χ3v) is 19.5. The van der Waals surface area contributed by atoms with E-state index in [1.165, 1.54) is 167 Å². The van der Waals surface area contributed by atoms with Crippen LogP contribution >= 0.6 is 15.6 Å². The second-order valence-corrected chi connectivity index (χ2v) is 30.2. The van der Waals surface area contributed by atoms with Gasteiger partial charge in [0.15, 0.2) is 12.2 Å². The van der Waals surface area contributed by atoms with Crippen LogP contribution in [0.5, 0.6) is 0 Å². The fourth-order valence-corrected chi connectivity index (χ4v) is 12.6. The second kappa shape index (κ2) is 63.8. The molecule has 0 radical (unpaired) electrons. The molecule has 7 atom stereocenters. The van der Waals surface area contributed by atoms with Crippen molar-refractivity contribution in [2.24, 2.45) is 17.8 Å². The summed E-state index contributed by atoms with van der Waals surface area (Å²) in [6.07, 6.45) is 48.8. The normalized spacial score (nSPS) is 14.7. The van der Waals surface area contributed by atoms with Gasteiger partial charge in [-0.05, 0) is 43.4 Å². The number of esters is 4. The lowest BCUT2D eigenvalue weighted by Gasteiger charge is -2.21. The molecule has 0 bridgehead atoms. The molecule has 0 aliphatic heterocycles. The van der Waals surface area contributed by atoms with E-state index in [0.29, 0.717) is 31.6 Å². The zero-order valence-corrected chi connectivity index (χ0v) is 61.8. The van der Waals surface area contributed by atoms with Crippen molar-refractivity contribution in [3.8, 4) is 0 Å². The van der Waals surface area contributed by atoms with E-state index in [4.69, 9.17) is 37.0 Å². The smallest absolute Gasteiger partial charge is 0.462 e. The summed E-state index contributed by atoms with van der Waals surface area (Å²) in [4.78, 5) is 72.5. The predicted molar refractivity (Wildman–Crippen MR) is 372 cm³/mol. The minimum atomic E-state index is -4.95. The Morgan fingerprint density at radius 3 is 0.826 bits per heavy atom. The Kier molecular flexibility index (Phi) is 62.4. The Balaban J connectivity index is 5.18. The van der Waals surface area contributed by atoms with Gasteiger partial charge in [0.05, 0.1) is 26.4 Å². The summed E-state index contributed by atoms with van der Waals surface area (Å²) in [7, 11) is -9.90. The van der Waals surface area contributed by atoms with Crippen molar-refractivity contribution in [2.45, 2.75) is 388 Å². The topological polar surface area (TPSA) is 237 Å². The SMILES string of the molecule is CCCCCCCCCC(=O)OC[C@H](COP(=O)(O)OC[C@H](O)COP(=O)(O)OC[C@@H](COC(=O)CCCCCCCCCCCCCCCCC(C)CC)OC(=O)CCCCCCCCCCCCCCCCC(C)CC)OC(=O)CCCCCCCCC(C)C. The highest BCUT2D eigenvalue weighted by Gasteiger charge is 2.30. The molecule has 4 unspecified atom stereocenters. The van der Waals surface area contributed by atoms with E-state index in [2.05, 4.69) is 48.5 Å². The maximum Gasteiger partial charge on any atom is 0.472 e. The van der Waals surface area contributed by atoms with Crippen LogP contribution in [0.15, 0.2) is 0 Å². The molecule has 546 valence electrons. The molecule has 0 aliphatic carbocycles. The van der Waals surface area contributed by atoms with Gasteiger partial charge in [0, 0.05) is 25.7 Å². The summed E-state index contributed by atoms with van der Waals surface area (Å²) in [5, 5.41) is 10.6. The van der Waals surface area contributed by atoms with Gasteiger partial charge in [-0.25, -0.2) is 9.13 Å². The number of aliphatic hydroxyl groups is 1. The van der Waals surface area contributed by atoms with E-state index in [0.717, 1.165) is 115 Å². The molecule has 0 rings (SSSR count). The molecule has 0 aliphatic rings. The molecule has 3 N–H and O–H groups in total. The molecule has 19 heteroatoms. The third-order valence-electron chi connectivity index (χ3n) is 17.6. The van der Waals surface area contributed by atoms with E-state index in [1.807, 2.05) is 0 Å². The van der Waals surface area contributed by atoms with E-state index in [-0.39, 0.29) is 25.7 Å². The summed E-state index contributed by atoms with van der Waals surface area (Å²) in [6.45, 7) is 11.8. The Labute approximate surface area is 562 Å². The first-order chi connectivity index (χ1) is 44.3. The summed E-state index contributed by atoms with van der Waals surface area (Å²) < 4.78 is 68.2. The number of carbonyl (C=O) groups excluding carboxylic acids is 4. The molecule has 0 aromatic carbocycles. The first kappa shape index (κ1) is 90.1. The molecular weight excluding hydrogens is 1210 g/mol. The van der Waals surface area contributed by atoms with Gasteiger partial charge in [-0.15, -0.1) is 0 Å². The molecular formula is C73H142O17P2. The number of phosphoric acid groups is 2. The number of ether oxygens (including phenoxy) is 4. The molecule has 0 saturated heterocycles. The van der Waals surface area contributed by atoms with Crippen molar-refractivity contribution >= 4 is 39.5 Å². The average molecular weight is 1350 g/mol. The van der Waals surface area contributed by atoms with Crippen LogP contribution in [-0.2, 0) is 65.4 Å². The number of carbonyl (C=O) groups is 4. The highest BCUT2D eigenvalue weighted by Crippen LogP contribution is 2.45. The lowest BCUT2D eigenvalue weighted by Crippen LogP contribution is -2.30. The van der Waals surface area contributed by atoms with Gasteiger partial charge in [-0.2, -0.15) is 0 Å². The summed E-state index contributed by atoms with van der Waals surface area (Å²) >= 11 is 0. The standard InChI is InChI=1S/C73H142O17P2/c1-8-11-12-13-30-40-47-54-70(75)83-60-69(90-73(78)57-50-43-36-35-37-44-51-64(4)5)63-88-92(81,82)86-59-67(74)58-85-91(79,80)87-62-68(89-72(77)56-49-42-34-29-25-21-17-15-19-23-27-32-39-46-53-66(7)10-3)61-84-71(76)55-48-41-33-28-24-20-16-14-18-22-26-31-38-45-52-65(6)9-2/h64-69,74H,8-63H2,1-7H3,(H,79,80)(H,81,82)/t65?,66?,67-,68-,69-/m1/s1. The minimum Gasteiger partial charge on any atom is -0.462 e. The monoisotopic (exact) mass is 1350 g/mol. The van der Waals surface area contributed by atoms with E-state index < -0.39 is 97.5 Å². The summed E-state index contributed by atoms with van der Waals surface area (Å²) in [5.74, 6) is 0.235. The predicted octanol–water partition coefficient (Wildman–Crippen LogP) is 21.0. The number of phosphoric ester groups is 2. The lowest BCUT2D eigenvalue weighted by molar-refractivity contribution is -0.161. The molecule has 0 saturated carbocycles. The van der Waals surface area contributed by atoms with Gasteiger partial charge >= 0.3 is 39.5 Å². The number of aliphatic hydroxyl groups excluding tert-OH is 1. The van der Waals surface area contributed by atoms with Crippen molar-refractivity contribution in [1.29, 1.82) is 0 Å². The van der Waals surface area contributed by atoms with Crippen molar-refractivity contribution < 1.29 is 80.2 Å². The zero-order chi connectivity index (χ0) is 68.0. The van der Waals surface area contributed by atoms with Gasteiger partial charge in [0.2, 0.25) is 0 Å². The van der Waals surface area contributed by atoms with Crippen molar-refractivity contribution in [3.63, 3.8) is 0 Å². The van der Waals surface area contributed by atoms with Crippen LogP contribution in [0.4, 0.5) is 0 Å². The maximum absolute atomic E-state index is 13.1. The second-order valence-electron chi connectivity index (χ2n) is 27.3. The van der Waals surface area contributed by atoms with Crippen molar-refractivity contribution in [3.05, 3.63) is 0 Å². The largest absolute Gasteiger partial charge is 0.472 e. The maximum atomic E-state index is 13.1. The van der Waals surface area contributed by atoms with Gasteiger partial charge < -0.3 is 33.8 Å². The Morgan fingerprint density at radius 2 is 0.554 bits per heavy atom. The Hall–Kier alpha value is -1.94. The first-order valence-corrected chi connectivity index (χ1v) is 40.9. The molecule has 0 fully saturated rings. The summed E-state index contributed by atoms with van der Waals surface area (Å²) in [5.41, 5.74) is 0. The molecule has 0 aromatic rings. The lowest BCUT2D eigenvalue weighted by atomic mass is 9.99. The Morgan fingerprint density at radius 1 is 0.315 bits per heavy atom. The molecule has 0 amide bonds. The molecule has 17 nitrogen and oxygen atoms in total. The van der Waals surface area contributed by atoms with E-state index in [9.17, 15) is 43.2 Å². The van der Waals surface area contributed by atoms with Gasteiger partial charge in [-0.1, -0.05) is 318 Å². The number of rotatable bonds is 71. The van der Waals surface area contributed by atoms with Crippen LogP contribution in [-0.4, -0.2) is 96.7 Å². The van der Waals surface area contributed by atoms with Crippen LogP contribution in [0.3, 0.4) is 0 Å². The minimum absolute atomic E-state index is 0.102. The molecule has 0 spiro atoms. The van der Waals surface area contributed by atoms with Crippen LogP contribution < -0.4 is 0 Å². The Bertz CT molecular complexity index is 1810. The average Bonchev–Trinajstić information content (AvgIpc) is 2.83. The quantitative estimate of drug-likeness (QED) is 0.0222. The zero-order valence-electron chi connectivity index (χ0n) is 60.0. The fourth-order valence-electron chi connectivity index (χ4n) is 11.0. The van der Waals surface area contributed by atoms with E-state index in [1.54, 1.807) is 0 Å². The third kappa shape index (κ3) is 64.1. The summed E-state index contributed by atoms with van der Waals surface area (Å²) in [6, 6.07) is 0. The number of hydrogen-bond donors (Lipinski definition) is 3. The fraction of sp³-hybridized carbons (Fsp3) is 0.945. The van der Waals surface area contributed by atoms with Gasteiger partial charge in [-0.3, -0.25) is 37.3 Å². The first-order valence-electron chi connectivity index (χ1n) is 37.9. The van der Waals surface area contributed by atoms with E-state index >= 15 is 0 Å². The molecule has 92 heavy (non-hydrogen) atoms. The van der Waals surface area contributed by atoms with Crippen LogP contribution in [0.2, 0.25) is 0 Å². The highest BCUT2D eigenvalue weighted by molar-refractivity contribution is 7.47. The molecule has 0 heterocycles. The number of unbranched alkanes of at least 4 members (excludes halogenated alkanes) is 37. The molecule has 0 aromatic heterocycles. The number of hydrogen-bond acceptors (Lipinski definition) is 15. The highest BCUT2D eigenvalue weighted by atomic mass is 31.2. The van der Waals surface area contributed by atoms with Crippen molar-refractivity contribution in [2.75, 3.05) is 39.6 Å². The van der Waals surface area contributed by atoms with Crippen molar-refractivity contribution in [1.82, 2.24) is 0 Å². The van der Waals surface area contributed by atoms with Gasteiger partial charge in [0.25, 0.3) is 0 Å². The van der Waals surface area contributed by atoms with Crippen LogP contribution in [0.25, 0.3) is 0 Å². The van der Waals surface area contributed by atoms with Crippen LogP contribution in [0, 0.1) is 17.8 Å².